The van der Waals surface area contributed by atoms with Crippen molar-refractivity contribution in [3.8, 4) is 11.5 Å². The molecule has 1 saturated heterocycles. The first-order valence-electron chi connectivity index (χ1n) is 12.8. The lowest BCUT2D eigenvalue weighted by Gasteiger charge is -2.36. The zero-order chi connectivity index (χ0) is 28.1. The molecule has 0 atom stereocenters. The number of hydrogen-bond acceptors (Lipinski definition) is 7. The fraction of sp³-hybridized carbons (Fsp3) is 0.286. The molecule has 2 heterocycles. The average molecular weight is 572 g/mol. The highest BCUT2D eigenvalue weighted by Gasteiger charge is 2.26. The third kappa shape index (κ3) is 6.62. The third-order valence-electron chi connectivity index (χ3n) is 6.76. The van der Waals surface area contributed by atoms with Crippen molar-refractivity contribution in [3.05, 3.63) is 96.1 Å². The Morgan fingerprint density at radius 2 is 1.55 bits per heavy atom. The number of nitrogens with zero attached hydrogens (tertiary/aromatic N) is 5. The summed E-state index contributed by atoms with van der Waals surface area (Å²) in [7, 11) is -3.70. The van der Waals surface area contributed by atoms with E-state index in [1.807, 2.05) is 6.07 Å². The fourth-order valence-corrected chi connectivity index (χ4v) is 6.04. The Morgan fingerprint density at radius 3 is 2.17 bits per heavy atom. The second-order valence-corrected chi connectivity index (χ2v) is 11.4. The first kappa shape index (κ1) is 27.7. The van der Waals surface area contributed by atoms with E-state index in [2.05, 4.69) is 20.0 Å². The van der Waals surface area contributed by atoms with Crippen LogP contribution in [0.25, 0.3) is 11.5 Å². The largest absolute Gasteiger partial charge is 0.415 e. The molecule has 0 spiro atoms. The van der Waals surface area contributed by atoms with Crippen LogP contribution in [-0.2, 0) is 16.6 Å². The second kappa shape index (κ2) is 12.1. The van der Waals surface area contributed by atoms with Crippen molar-refractivity contribution in [2.45, 2.75) is 13.0 Å². The number of sulfonamides is 1. The SMILES string of the molecule is O=S(=O)(CCN1CCN(c2ccc(F)cc2)CC1)N(Cc1ccc(-c2nnc(C(F)F)o2)cc1)c1ccccc1. The van der Waals surface area contributed by atoms with Crippen molar-refractivity contribution in [2.75, 3.05) is 47.7 Å². The van der Waals surface area contributed by atoms with Gasteiger partial charge in [-0.15, -0.1) is 10.2 Å². The average Bonchev–Trinajstić information content (AvgIpc) is 3.47. The topological polar surface area (TPSA) is 82.8 Å². The van der Waals surface area contributed by atoms with E-state index < -0.39 is 22.3 Å². The predicted molar refractivity (Wildman–Crippen MR) is 146 cm³/mol. The Balaban J connectivity index is 1.24. The summed E-state index contributed by atoms with van der Waals surface area (Å²) in [5.74, 6) is -1.12. The number of alkyl halides is 2. The minimum absolute atomic E-state index is 0.0334. The van der Waals surface area contributed by atoms with Crippen molar-refractivity contribution >= 4 is 21.4 Å². The maximum atomic E-state index is 13.6. The molecule has 3 aromatic carbocycles. The van der Waals surface area contributed by atoms with Crippen molar-refractivity contribution in [1.29, 1.82) is 0 Å². The van der Waals surface area contributed by atoms with Crippen molar-refractivity contribution in [2.24, 2.45) is 0 Å². The monoisotopic (exact) mass is 571 g/mol. The number of benzene rings is 3. The molecule has 4 aromatic rings. The summed E-state index contributed by atoms with van der Waals surface area (Å²) in [6.45, 7) is 3.31. The molecule has 1 aromatic heterocycles. The van der Waals surface area contributed by atoms with Crippen molar-refractivity contribution < 1.29 is 26.0 Å². The molecular weight excluding hydrogens is 543 g/mol. The smallest absolute Gasteiger partial charge is 0.314 e. The molecule has 0 unspecified atom stereocenters. The van der Waals surface area contributed by atoms with Gasteiger partial charge in [0.1, 0.15) is 5.82 Å². The predicted octanol–water partition coefficient (Wildman–Crippen LogP) is 4.97. The summed E-state index contributed by atoms with van der Waals surface area (Å²) < 4.78 is 72.4. The number of anilines is 2. The summed E-state index contributed by atoms with van der Waals surface area (Å²) in [4.78, 5) is 4.28. The molecule has 0 aliphatic carbocycles. The van der Waals surface area contributed by atoms with Gasteiger partial charge in [-0.1, -0.05) is 30.3 Å². The van der Waals surface area contributed by atoms with Gasteiger partial charge < -0.3 is 9.32 Å². The van der Waals surface area contributed by atoms with E-state index >= 15 is 0 Å². The van der Waals surface area contributed by atoms with Gasteiger partial charge in [-0.05, 0) is 54.1 Å². The van der Waals surface area contributed by atoms with Gasteiger partial charge in [0.2, 0.25) is 15.9 Å². The number of para-hydroxylation sites is 1. The van der Waals surface area contributed by atoms with E-state index in [4.69, 9.17) is 4.42 Å². The molecule has 1 fully saturated rings. The molecule has 0 radical (unpaired) electrons. The molecule has 40 heavy (non-hydrogen) atoms. The van der Waals surface area contributed by atoms with Gasteiger partial charge in [0.15, 0.2) is 0 Å². The van der Waals surface area contributed by atoms with Gasteiger partial charge in [0.25, 0.3) is 5.89 Å². The molecule has 210 valence electrons. The van der Waals surface area contributed by atoms with Gasteiger partial charge >= 0.3 is 6.43 Å². The minimum atomic E-state index is -3.70. The molecule has 1 aliphatic heterocycles. The lowest BCUT2D eigenvalue weighted by molar-refractivity contribution is 0.116. The number of aromatic nitrogens is 2. The molecule has 12 heteroatoms. The van der Waals surface area contributed by atoms with E-state index in [0.717, 1.165) is 18.8 Å². The number of halogens is 3. The minimum Gasteiger partial charge on any atom is -0.415 e. The van der Waals surface area contributed by atoms with Crippen LogP contribution in [0.2, 0.25) is 0 Å². The van der Waals surface area contributed by atoms with Gasteiger partial charge in [0, 0.05) is 44.0 Å². The summed E-state index contributed by atoms with van der Waals surface area (Å²) in [6.07, 6.45) is -2.86. The Bertz CT molecular complexity index is 1490. The van der Waals surface area contributed by atoms with Gasteiger partial charge in [-0.2, -0.15) is 8.78 Å². The van der Waals surface area contributed by atoms with Gasteiger partial charge in [0.05, 0.1) is 18.0 Å². The summed E-state index contributed by atoms with van der Waals surface area (Å²) in [5.41, 5.74) is 2.66. The van der Waals surface area contributed by atoms with Crippen LogP contribution in [0.5, 0.6) is 0 Å². The van der Waals surface area contributed by atoms with E-state index in [-0.39, 0.29) is 24.0 Å². The normalized spacial score (nSPS) is 14.6. The second-order valence-electron chi connectivity index (χ2n) is 9.41. The van der Waals surface area contributed by atoms with Crippen LogP contribution in [0.15, 0.2) is 83.3 Å². The zero-order valence-corrected chi connectivity index (χ0v) is 22.4. The Hall–Kier alpha value is -3.90. The molecular formula is C28H28F3N5O3S. The highest BCUT2D eigenvalue weighted by atomic mass is 32.2. The van der Waals surface area contributed by atoms with Crippen molar-refractivity contribution in [1.82, 2.24) is 15.1 Å². The van der Waals surface area contributed by atoms with Crippen LogP contribution in [0.4, 0.5) is 24.5 Å². The van der Waals surface area contributed by atoms with Crippen LogP contribution >= 0.6 is 0 Å². The lowest BCUT2D eigenvalue weighted by atomic mass is 10.1. The van der Waals surface area contributed by atoms with Crippen LogP contribution in [0.3, 0.4) is 0 Å². The quantitative estimate of drug-likeness (QED) is 0.266. The molecule has 1 aliphatic rings. The molecule has 8 nitrogen and oxygen atoms in total. The highest BCUT2D eigenvalue weighted by Crippen LogP contribution is 2.26. The van der Waals surface area contributed by atoms with E-state index in [1.165, 1.54) is 16.4 Å². The maximum absolute atomic E-state index is 13.6. The zero-order valence-electron chi connectivity index (χ0n) is 21.5. The highest BCUT2D eigenvalue weighted by molar-refractivity contribution is 7.92. The summed E-state index contributed by atoms with van der Waals surface area (Å²) in [6, 6.07) is 22.0. The van der Waals surface area contributed by atoms with Gasteiger partial charge in [-0.3, -0.25) is 9.21 Å². The Labute approximate surface area is 230 Å². The Morgan fingerprint density at radius 1 is 0.875 bits per heavy atom. The summed E-state index contributed by atoms with van der Waals surface area (Å²) in [5, 5.41) is 7.00. The molecule has 0 N–H and O–H groups in total. The molecule has 0 saturated carbocycles. The first-order chi connectivity index (χ1) is 19.3. The fourth-order valence-electron chi connectivity index (χ4n) is 4.54. The number of rotatable bonds is 10. The van der Waals surface area contributed by atoms with E-state index in [1.54, 1.807) is 60.7 Å². The van der Waals surface area contributed by atoms with Gasteiger partial charge in [-0.25, -0.2) is 12.8 Å². The number of piperazine rings is 1. The maximum Gasteiger partial charge on any atom is 0.314 e. The molecule has 0 bridgehead atoms. The van der Waals surface area contributed by atoms with Crippen LogP contribution in [0, 0.1) is 5.82 Å². The molecule has 5 rings (SSSR count). The van der Waals surface area contributed by atoms with Crippen LogP contribution in [0.1, 0.15) is 17.9 Å². The van der Waals surface area contributed by atoms with Crippen molar-refractivity contribution in [3.63, 3.8) is 0 Å². The molecule has 0 amide bonds. The number of hydrogen-bond donors (Lipinski definition) is 0. The van der Waals surface area contributed by atoms with Crippen LogP contribution < -0.4 is 9.21 Å². The van der Waals surface area contributed by atoms with Crippen LogP contribution in [-0.4, -0.2) is 62.0 Å². The lowest BCUT2D eigenvalue weighted by Crippen LogP contribution is -2.48. The standard InChI is InChI=1S/C28H28F3N5O3S/c29-23-10-12-24(13-11-23)35-16-14-34(15-17-35)18-19-40(37,38)36(25-4-2-1-3-5-25)20-21-6-8-22(9-7-21)27-32-33-28(39-27)26(30)31/h1-13,26H,14-20H2. The van der Waals surface area contributed by atoms with E-state index in [9.17, 15) is 21.6 Å². The van der Waals surface area contributed by atoms with E-state index in [0.29, 0.717) is 36.4 Å². The summed E-state index contributed by atoms with van der Waals surface area (Å²) >= 11 is 0. The first-order valence-corrected chi connectivity index (χ1v) is 14.4. The Kier molecular flexibility index (Phi) is 8.36. The third-order valence-corrected chi connectivity index (χ3v) is 8.47.